The van der Waals surface area contributed by atoms with Gasteiger partial charge in [0.2, 0.25) is 0 Å². The van der Waals surface area contributed by atoms with Crippen molar-refractivity contribution in [3.05, 3.63) is 35.9 Å². The van der Waals surface area contributed by atoms with E-state index in [0.29, 0.717) is 18.0 Å². The molecule has 106 valence electrons. The second kappa shape index (κ2) is 7.06. The van der Waals surface area contributed by atoms with Crippen LogP contribution in [0.1, 0.15) is 44.1 Å². The summed E-state index contributed by atoms with van der Waals surface area (Å²) in [5.41, 5.74) is 1.51. The van der Waals surface area contributed by atoms with Gasteiger partial charge in [-0.3, -0.25) is 0 Å². The van der Waals surface area contributed by atoms with Crippen molar-refractivity contribution >= 4 is 0 Å². The molecule has 1 N–H and O–H groups in total. The molecule has 2 nitrogen and oxygen atoms in total. The number of likely N-dealkylation sites (N-methyl/N-ethyl adjacent to an activating group) is 1. The molecule has 2 heteroatoms. The Bertz CT molecular complexity index is 361. The summed E-state index contributed by atoms with van der Waals surface area (Å²) < 4.78 is 0. The number of benzene rings is 1. The molecule has 0 saturated heterocycles. The lowest BCUT2D eigenvalue weighted by atomic mass is 9.79. The first kappa shape index (κ1) is 14.5. The summed E-state index contributed by atoms with van der Waals surface area (Å²) in [6, 6.07) is 12.2. The second-order valence-electron chi connectivity index (χ2n) is 6.24. The first-order valence-corrected chi connectivity index (χ1v) is 7.62. The molecule has 0 spiro atoms. The summed E-state index contributed by atoms with van der Waals surface area (Å²) in [6.07, 6.45) is 5.39. The van der Waals surface area contributed by atoms with E-state index in [4.69, 9.17) is 0 Å². The maximum absolute atomic E-state index is 3.86. The Kier molecular flexibility index (Phi) is 5.41. The highest BCUT2D eigenvalue weighted by Crippen LogP contribution is 2.33. The van der Waals surface area contributed by atoms with Crippen LogP contribution in [-0.2, 0) is 0 Å². The van der Waals surface area contributed by atoms with E-state index in [0.717, 1.165) is 6.54 Å². The second-order valence-corrected chi connectivity index (χ2v) is 6.24. The average molecular weight is 260 g/mol. The van der Waals surface area contributed by atoms with Crippen LogP contribution in [-0.4, -0.2) is 37.6 Å². The third kappa shape index (κ3) is 4.32. The molecule has 3 unspecified atom stereocenters. The number of hydrogen-bond donors (Lipinski definition) is 1. The molecular weight excluding hydrogens is 232 g/mol. The van der Waals surface area contributed by atoms with Crippen molar-refractivity contribution in [2.24, 2.45) is 0 Å². The highest BCUT2D eigenvalue weighted by molar-refractivity contribution is 5.22. The van der Waals surface area contributed by atoms with E-state index in [1.54, 1.807) is 0 Å². The largest absolute Gasteiger partial charge is 0.310 e. The van der Waals surface area contributed by atoms with Gasteiger partial charge in [0.1, 0.15) is 0 Å². The van der Waals surface area contributed by atoms with Crippen molar-refractivity contribution in [2.75, 3.05) is 20.6 Å². The van der Waals surface area contributed by atoms with Crippen LogP contribution in [0.2, 0.25) is 0 Å². The molecule has 1 aromatic rings. The lowest BCUT2D eigenvalue weighted by Crippen LogP contribution is -2.45. The summed E-state index contributed by atoms with van der Waals surface area (Å²) >= 11 is 0. The topological polar surface area (TPSA) is 15.3 Å². The predicted molar refractivity (Wildman–Crippen MR) is 82.6 cm³/mol. The minimum absolute atomic E-state index is 0.560. The molecule has 1 fully saturated rings. The van der Waals surface area contributed by atoms with Crippen molar-refractivity contribution < 1.29 is 0 Å². The average Bonchev–Trinajstić information content (AvgIpc) is 2.39. The molecule has 0 amide bonds. The maximum atomic E-state index is 3.86. The van der Waals surface area contributed by atoms with Crippen LogP contribution in [0.25, 0.3) is 0 Å². The Hall–Kier alpha value is -0.860. The van der Waals surface area contributed by atoms with Gasteiger partial charge < -0.3 is 10.2 Å². The summed E-state index contributed by atoms with van der Waals surface area (Å²) in [7, 11) is 4.29. The van der Waals surface area contributed by atoms with Gasteiger partial charge in [0.15, 0.2) is 0 Å². The normalized spacial score (nSPS) is 25.5. The molecule has 2 rings (SSSR count). The van der Waals surface area contributed by atoms with Gasteiger partial charge in [-0.2, -0.15) is 0 Å². The summed E-state index contributed by atoms with van der Waals surface area (Å²) in [5.74, 6) is 0.694. The zero-order valence-electron chi connectivity index (χ0n) is 12.6. The van der Waals surface area contributed by atoms with Gasteiger partial charge in [-0.15, -0.1) is 0 Å². The van der Waals surface area contributed by atoms with Gasteiger partial charge in [-0.1, -0.05) is 43.2 Å². The molecule has 19 heavy (non-hydrogen) atoms. The van der Waals surface area contributed by atoms with Crippen molar-refractivity contribution in [1.82, 2.24) is 10.2 Å². The quantitative estimate of drug-likeness (QED) is 0.874. The van der Waals surface area contributed by atoms with Crippen LogP contribution in [0, 0.1) is 0 Å². The van der Waals surface area contributed by atoms with E-state index >= 15 is 0 Å². The fraction of sp³-hybridized carbons (Fsp3) is 0.647. The van der Waals surface area contributed by atoms with Gasteiger partial charge in [0.25, 0.3) is 0 Å². The third-order valence-electron chi connectivity index (χ3n) is 4.13. The SMILES string of the molecule is CC(CN(C)C)NC1CCCCC1c1ccccc1. The zero-order chi connectivity index (χ0) is 13.7. The highest BCUT2D eigenvalue weighted by Gasteiger charge is 2.27. The molecule has 0 heterocycles. The van der Waals surface area contributed by atoms with Crippen molar-refractivity contribution in [1.29, 1.82) is 0 Å². The molecule has 1 aliphatic carbocycles. The smallest absolute Gasteiger partial charge is 0.0169 e. The summed E-state index contributed by atoms with van der Waals surface area (Å²) in [6.45, 7) is 3.41. The molecule has 3 atom stereocenters. The molecule has 1 aromatic carbocycles. The Labute approximate surface area is 118 Å². The summed E-state index contributed by atoms with van der Waals surface area (Å²) in [4.78, 5) is 2.26. The van der Waals surface area contributed by atoms with Crippen LogP contribution in [0.5, 0.6) is 0 Å². The molecule has 0 aromatic heterocycles. The molecule has 0 radical (unpaired) electrons. The van der Waals surface area contributed by atoms with Gasteiger partial charge >= 0.3 is 0 Å². The van der Waals surface area contributed by atoms with Crippen molar-refractivity contribution in [3.63, 3.8) is 0 Å². The Morgan fingerprint density at radius 2 is 1.84 bits per heavy atom. The van der Waals surface area contributed by atoms with Gasteiger partial charge in [0, 0.05) is 18.6 Å². The lowest BCUT2D eigenvalue weighted by molar-refractivity contribution is 0.271. The van der Waals surface area contributed by atoms with E-state index in [2.05, 4.69) is 61.6 Å². The third-order valence-corrected chi connectivity index (χ3v) is 4.13. The van der Waals surface area contributed by atoms with E-state index in [1.807, 2.05) is 0 Å². The lowest BCUT2D eigenvalue weighted by Gasteiger charge is -2.35. The molecule has 0 aliphatic heterocycles. The minimum atomic E-state index is 0.560. The Balaban J connectivity index is 2.00. The number of nitrogens with zero attached hydrogens (tertiary/aromatic N) is 1. The van der Waals surface area contributed by atoms with Crippen LogP contribution < -0.4 is 5.32 Å². The fourth-order valence-electron chi connectivity index (χ4n) is 3.40. The summed E-state index contributed by atoms with van der Waals surface area (Å²) in [5, 5.41) is 3.86. The minimum Gasteiger partial charge on any atom is -0.310 e. The van der Waals surface area contributed by atoms with Crippen LogP contribution in [0.15, 0.2) is 30.3 Å². The first-order valence-electron chi connectivity index (χ1n) is 7.62. The number of hydrogen-bond acceptors (Lipinski definition) is 2. The number of rotatable bonds is 5. The van der Waals surface area contributed by atoms with Gasteiger partial charge in [0.05, 0.1) is 0 Å². The van der Waals surface area contributed by atoms with E-state index in [9.17, 15) is 0 Å². The van der Waals surface area contributed by atoms with Crippen LogP contribution in [0.4, 0.5) is 0 Å². The standard InChI is InChI=1S/C17H28N2/c1-14(13-19(2)3)18-17-12-8-7-11-16(17)15-9-5-4-6-10-15/h4-6,9-10,14,16-18H,7-8,11-13H2,1-3H3. The van der Waals surface area contributed by atoms with E-state index in [-0.39, 0.29) is 0 Å². The van der Waals surface area contributed by atoms with Crippen LogP contribution >= 0.6 is 0 Å². The molecule has 0 bridgehead atoms. The predicted octanol–water partition coefficient (Wildman–Crippen LogP) is 3.25. The van der Waals surface area contributed by atoms with Gasteiger partial charge in [-0.25, -0.2) is 0 Å². The van der Waals surface area contributed by atoms with Crippen LogP contribution in [0.3, 0.4) is 0 Å². The van der Waals surface area contributed by atoms with E-state index in [1.165, 1.54) is 31.2 Å². The monoisotopic (exact) mass is 260 g/mol. The molecular formula is C17H28N2. The van der Waals surface area contributed by atoms with Gasteiger partial charge in [-0.05, 0) is 45.3 Å². The zero-order valence-corrected chi connectivity index (χ0v) is 12.6. The first-order chi connectivity index (χ1) is 9.16. The molecule has 1 aliphatic rings. The maximum Gasteiger partial charge on any atom is 0.0169 e. The van der Waals surface area contributed by atoms with Crippen molar-refractivity contribution in [2.45, 2.75) is 50.6 Å². The number of nitrogens with one attached hydrogen (secondary N) is 1. The van der Waals surface area contributed by atoms with E-state index < -0.39 is 0 Å². The Morgan fingerprint density at radius 3 is 2.53 bits per heavy atom. The molecule has 1 saturated carbocycles. The Morgan fingerprint density at radius 1 is 1.16 bits per heavy atom. The highest BCUT2D eigenvalue weighted by atomic mass is 15.1. The van der Waals surface area contributed by atoms with Crippen molar-refractivity contribution in [3.8, 4) is 0 Å². The fourth-order valence-corrected chi connectivity index (χ4v) is 3.40.